The highest BCUT2D eigenvalue weighted by Crippen LogP contribution is 2.45. The molecule has 3 N–H and O–H groups in total. The molecular weight excluding hydrogens is 1080 g/mol. The zero-order valence-electron chi connectivity index (χ0n) is 52.1. The predicted octanol–water partition coefficient (Wildman–Crippen LogP) is 16.9. The zero-order valence-corrected chi connectivity index (χ0v) is 53.9. The number of hydrogen-bond acceptors (Lipinski definition) is 15. The van der Waals surface area contributed by atoms with Gasteiger partial charge in [-0.25, -0.2) is 9.13 Å². The summed E-state index contributed by atoms with van der Waals surface area (Å²) in [5, 5.41) is 10.5. The van der Waals surface area contributed by atoms with Crippen molar-refractivity contribution in [2.45, 2.75) is 323 Å². The maximum atomic E-state index is 13.0. The van der Waals surface area contributed by atoms with Crippen LogP contribution in [-0.2, 0) is 65.4 Å². The van der Waals surface area contributed by atoms with Crippen molar-refractivity contribution in [2.24, 2.45) is 11.8 Å². The van der Waals surface area contributed by atoms with E-state index >= 15 is 0 Å². The third kappa shape index (κ3) is 55.7. The summed E-state index contributed by atoms with van der Waals surface area (Å²) in [7, 11) is -9.88. The minimum Gasteiger partial charge on any atom is -0.462 e. The van der Waals surface area contributed by atoms with E-state index in [1.54, 1.807) is 0 Å². The largest absolute Gasteiger partial charge is 0.472 e. The molecule has 0 saturated heterocycles. The lowest BCUT2D eigenvalue weighted by atomic mass is 10.00. The fourth-order valence-corrected chi connectivity index (χ4v) is 10.7. The fourth-order valence-electron chi connectivity index (χ4n) is 9.15. The fraction of sp³-hybridized carbons (Fsp3) is 0.935. The summed E-state index contributed by atoms with van der Waals surface area (Å²) in [5.41, 5.74) is 0. The van der Waals surface area contributed by atoms with Crippen molar-refractivity contribution in [3.05, 3.63) is 0 Å². The average Bonchev–Trinajstić information content (AvgIpc) is 3.43. The lowest BCUT2D eigenvalue weighted by Crippen LogP contribution is -2.30. The van der Waals surface area contributed by atoms with Gasteiger partial charge >= 0.3 is 39.5 Å². The van der Waals surface area contributed by atoms with Gasteiger partial charge in [-0.2, -0.15) is 0 Å². The third-order valence-corrected chi connectivity index (χ3v) is 16.5. The molecule has 0 aromatic rings. The highest BCUT2D eigenvalue weighted by atomic mass is 31.2. The van der Waals surface area contributed by atoms with E-state index in [9.17, 15) is 43.2 Å². The van der Waals surface area contributed by atoms with Crippen molar-refractivity contribution in [1.29, 1.82) is 0 Å². The van der Waals surface area contributed by atoms with Crippen molar-refractivity contribution >= 4 is 39.5 Å². The van der Waals surface area contributed by atoms with E-state index in [4.69, 9.17) is 37.0 Å². The quantitative estimate of drug-likeness (QED) is 0.0222. The number of carbonyl (C=O) groups excluding carboxylic acids is 4. The number of carbonyl (C=O) groups is 4. The molecule has 0 aromatic carbocycles. The number of esters is 4. The topological polar surface area (TPSA) is 237 Å². The number of unbranched alkanes of at least 4 members (excludes halogenated alkanes) is 30. The van der Waals surface area contributed by atoms with Gasteiger partial charge in [-0.15, -0.1) is 0 Å². The van der Waals surface area contributed by atoms with E-state index in [0.717, 1.165) is 115 Å². The summed E-state index contributed by atoms with van der Waals surface area (Å²) < 4.78 is 67.8. The van der Waals surface area contributed by atoms with Crippen LogP contribution in [0.4, 0.5) is 0 Å². The Labute approximate surface area is 492 Å². The first-order valence-electron chi connectivity index (χ1n) is 32.5. The van der Waals surface area contributed by atoms with Gasteiger partial charge in [0.05, 0.1) is 26.4 Å². The van der Waals surface area contributed by atoms with Crippen molar-refractivity contribution in [3.8, 4) is 0 Å². The molecule has 0 fully saturated rings. The number of aliphatic hydroxyl groups is 1. The Hall–Kier alpha value is -1.94. The monoisotopic (exact) mass is 1200 g/mol. The maximum Gasteiger partial charge on any atom is 0.472 e. The minimum atomic E-state index is -4.94. The van der Waals surface area contributed by atoms with Crippen molar-refractivity contribution < 1.29 is 80.2 Å². The van der Waals surface area contributed by atoms with Crippen LogP contribution in [0.25, 0.3) is 0 Å². The number of aliphatic hydroxyl groups excluding tert-OH is 1. The van der Waals surface area contributed by atoms with E-state index in [0.29, 0.717) is 31.6 Å². The van der Waals surface area contributed by atoms with Gasteiger partial charge in [0.15, 0.2) is 12.2 Å². The van der Waals surface area contributed by atoms with Crippen LogP contribution in [-0.4, -0.2) is 96.7 Å². The van der Waals surface area contributed by atoms with Gasteiger partial charge in [0.25, 0.3) is 0 Å². The third-order valence-electron chi connectivity index (χ3n) is 14.6. The van der Waals surface area contributed by atoms with Crippen LogP contribution in [0.3, 0.4) is 0 Å². The van der Waals surface area contributed by atoms with Gasteiger partial charge < -0.3 is 33.8 Å². The molecule has 0 saturated carbocycles. The summed E-state index contributed by atoms with van der Waals surface area (Å²) in [6, 6.07) is 0. The van der Waals surface area contributed by atoms with E-state index in [-0.39, 0.29) is 25.7 Å². The van der Waals surface area contributed by atoms with Crippen LogP contribution in [0.1, 0.15) is 305 Å². The second kappa shape index (κ2) is 54.7. The summed E-state index contributed by atoms with van der Waals surface area (Å²) >= 11 is 0. The van der Waals surface area contributed by atoms with Crippen LogP contribution < -0.4 is 0 Å². The number of ether oxygens (including phenoxy) is 4. The Morgan fingerprint density at radius 3 is 0.938 bits per heavy atom. The highest BCUT2D eigenvalue weighted by Gasteiger charge is 2.30. The molecule has 0 aliphatic carbocycles. The van der Waals surface area contributed by atoms with Gasteiger partial charge in [0, 0.05) is 25.7 Å². The molecular formula is C62H120O17P2. The molecule has 3 unspecified atom stereocenters. The smallest absolute Gasteiger partial charge is 0.462 e. The van der Waals surface area contributed by atoms with E-state index in [1.807, 2.05) is 0 Å². The van der Waals surface area contributed by atoms with Crippen LogP contribution in [0, 0.1) is 11.8 Å². The molecule has 0 aromatic heterocycles. The van der Waals surface area contributed by atoms with Gasteiger partial charge in [-0.05, 0) is 37.5 Å². The highest BCUT2D eigenvalue weighted by molar-refractivity contribution is 7.47. The standard InChI is InChI=1S/C62H120O17P2/c1-7-10-12-14-16-17-18-19-20-21-22-23-25-34-40-46-61(66)78-57(51-73-60(65)45-39-33-29-27-31-37-43-55(6)9-3)52-76-80(68,69)74-48-56(63)49-75-81(70,71)77-53-58(50-72-59(64)44-38-32-24-15-13-11-8-2)79-62(67)47-41-35-28-26-30-36-42-54(4)5/h54-58,63H,7-53H2,1-6H3,(H,68,69)(H,70,71)/t55?,56-,57-,58-/m1/s1. The zero-order chi connectivity index (χ0) is 60.1. The maximum absolute atomic E-state index is 13.0. The molecule has 17 nitrogen and oxygen atoms in total. The summed E-state index contributed by atoms with van der Waals surface area (Å²) in [4.78, 5) is 72.0. The minimum absolute atomic E-state index is 0.101. The normalized spacial score (nSPS) is 14.7. The molecule has 6 atom stereocenters. The SMILES string of the molecule is CCCCCCCCCCCCCCCCCC(=O)O[C@H](COC(=O)CCCCCCCCC(C)CC)COP(=O)(O)OC[C@@H](O)COP(=O)(O)OC[C@@H](COC(=O)CCCCCCCCC)OC(=O)CCCCCCCCC(C)C. The van der Waals surface area contributed by atoms with Crippen LogP contribution in [0.2, 0.25) is 0 Å². The molecule has 0 spiro atoms. The van der Waals surface area contributed by atoms with Crippen LogP contribution in [0.15, 0.2) is 0 Å². The average molecular weight is 1200 g/mol. The van der Waals surface area contributed by atoms with Gasteiger partial charge in [0.2, 0.25) is 0 Å². The van der Waals surface area contributed by atoms with Gasteiger partial charge in [-0.1, -0.05) is 253 Å². The predicted molar refractivity (Wildman–Crippen MR) is 321 cm³/mol. The molecule has 0 bridgehead atoms. The number of phosphoric ester groups is 2. The van der Waals surface area contributed by atoms with E-state index in [1.165, 1.54) is 103 Å². The number of phosphoric acid groups is 2. The molecule has 0 aliphatic heterocycles. The van der Waals surface area contributed by atoms with Gasteiger partial charge in [0.1, 0.15) is 19.3 Å². The van der Waals surface area contributed by atoms with E-state index < -0.39 is 97.5 Å². The number of hydrogen-bond donors (Lipinski definition) is 3. The summed E-state index contributed by atoms with van der Waals surface area (Å²) in [6.45, 7) is 9.31. The summed E-state index contributed by atoms with van der Waals surface area (Å²) in [6.07, 6.45) is 36.5. The van der Waals surface area contributed by atoms with E-state index in [2.05, 4.69) is 41.5 Å². The molecule has 19 heteroatoms. The molecule has 0 heterocycles. The van der Waals surface area contributed by atoms with Crippen molar-refractivity contribution in [2.75, 3.05) is 39.6 Å². The van der Waals surface area contributed by atoms with Gasteiger partial charge in [-0.3, -0.25) is 37.3 Å². The first-order chi connectivity index (χ1) is 38.9. The molecule has 81 heavy (non-hydrogen) atoms. The number of rotatable bonds is 61. The summed E-state index contributed by atoms with van der Waals surface area (Å²) in [5.74, 6) is -0.744. The lowest BCUT2D eigenvalue weighted by molar-refractivity contribution is -0.161. The lowest BCUT2D eigenvalue weighted by Gasteiger charge is -2.21. The Balaban J connectivity index is 5.20. The van der Waals surface area contributed by atoms with Crippen molar-refractivity contribution in [1.82, 2.24) is 0 Å². The molecule has 0 amide bonds. The van der Waals surface area contributed by atoms with Crippen LogP contribution >= 0.6 is 15.6 Å². The second-order valence-electron chi connectivity index (χ2n) is 23.2. The molecule has 0 rings (SSSR count). The molecule has 0 aliphatic rings. The first kappa shape index (κ1) is 79.1. The van der Waals surface area contributed by atoms with Crippen LogP contribution in [0.5, 0.6) is 0 Å². The molecule has 0 radical (unpaired) electrons. The Morgan fingerprint density at radius 2 is 0.630 bits per heavy atom. The molecule has 480 valence electrons. The Morgan fingerprint density at radius 1 is 0.358 bits per heavy atom. The van der Waals surface area contributed by atoms with Crippen molar-refractivity contribution in [3.63, 3.8) is 0 Å². The Kier molecular flexibility index (Phi) is 53.4. The Bertz CT molecular complexity index is 1600. The first-order valence-corrected chi connectivity index (χ1v) is 35.5. The second-order valence-corrected chi connectivity index (χ2v) is 26.1.